The van der Waals surface area contributed by atoms with Gasteiger partial charge in [0, 0.05) is 37.8 Å². The number of hydrogen-bond donors (Lipinski definition) is 0. The average molecular weight is 421 g/mol. The van der Waals surface area contributed by atoms with Crippen LogP contribution in [0, 0.1) is 0 Å². The van der Waals surface area contributed by atoms with Crippen LogP contribution >= 0.6 is 0 Å². The Morgan fingerprint density at radius 2 is 1.90 bits per heavy atom. The highest BCUT2D eigenvalue weighted by atomic mass is 16.5. The van der Waals surface area contributed by atoms with Crippen LogP contribution in [0.25, 0.3) is 0 Å². The minimum Gasteiger partial charge on any atom is -0.496 e. The first-order chi connectivity index (χ1) is 15.0. The number of ether oxygens (including phenoxy) is 2. The first kappa shape index (κ1) is 20.1. The Morgan fingerprint density at radius 1 is 1.13 bits per heavy atom. The van der Waals surface area contributed by atoms with Crippen molar-refractivity contribution in [1.29, 1.82) is 0 Å². The Bertz CT molecular complexity index is 1010. The fourth-order valence-electron chi connectivity index (χ4n) is 5.47. The van der Waals surface area contributed by atoms with Crippen LogP contribution in [0.5, 0.6) is 5.75 Å². The van der Waals surface area contributed by atoms with Crippen LogP contribution in [-0.4, -0.2) is 50.6 Å². The zero-order chi connectivity index (χ0) is 21.6. The van der Waals surface area contributed by atoms with Gasteiger partial charge < -0.3 is 19.3 Å². The number of anilines is 1. The van der Waals surface area contributed by atoms with Gasteiger partial charge >= 0.3 is 0 Å². The highest BCUT2D eigenvalue weighted by Crippen LogP contribution is 2.46. The maximum absolute atomic E-state index is 13.5. The molecule has 0 aliphatic carbocycles. The van der Waals surface area contributed by atoms with E-state index in [9.17, 15) is 9.59 Å². The number of methoxy groups -OCH3 is 1. The second-order valence-corrected chi connectivity index (χ2v) is 8.68. The summed E-state index contributed by atoms with van der Waals surface area (Å²) in [5.41, 5.74) is 3.80. The molecule has 2 aromatic rings. The molecular weight excluding hydrogens is 392 g/mol. The van der Waals surface area contributed by atoms with Crippen molar-refractivity contribution in [3.05, 3.63) is 59.2 Å². The molecule has 1 fully saturated rings. The van der Waals surface area contributed by atoms with E-state index in [4.69, 9.17) is 9.47 Å². The monoisotopic (exact) mass is 420 g/mol. The molecule has 6 heteroatoms. The first-order valence-corrected chi connectivity index (χ1v) is 11.0. The Morgan fingerprint density at radius 3 is 2.68 bits per heavy atom. The summed E-state index contributed by atoms with van der Waals surface area (Å²) in [4.78, 5) is 29.6. The largest absolute Gasteiger partial charge is 0.496 e. The van der Waals surface area contributed by atoms with Gasteiger partial charge in [-0.3, -0.25) is 9.59 Å². The van der Waals surface area contributed by atoms with Gasteiger partial charge in [-0.2, -0.15) is 0 Å². The number of rotatable bonds is 2. The van der Waals surface area contributed by atoms with E-state index in [1.54, 1.807) is 19.1 Å². The van der Waals surface area contributed by atoms with Crippen molar-refractivity contribution in [2.45, 2.75) is 37.2 Å². The molecule has 2 amide bonds. The van der Waals surface area contributed by atoms with Crippen molar-refractivity contribution in [3.8, 4) is 5.75 Å². The molecule has 1 unspecified atom stereocenters. The Hall–Kier alpha value is -2.86. The predicted molar refractivity (Wildman–Crippen MR) is 117 cm³/mol. The molecule has 3 heterocycles. The minimum absolute atomic E-state index is 0.0141. The van der Waals surface area contributed by atoms with E-state index in [0.717, 1.165) is 41.8 Å². The summed E-state index contributed by atoms with van der Waals surface area (Å²) in [6, 6.07) is 13.9. The van der Waals surface area contributed by atoms with Gasteiger partial charge in [-0.05, 0) is 42.5 Å². The molecule has 0 aromatic heterocycles. The Kier molecular flexibility index (Phi) is 4.97. The summed E-state index contributed by atoms with van der Waals surface area (Å²) in [6.07, 6.45) is 2.56. The third-order valence-electron chi connectivity index (χ3n) is 7.15. The molecular formula is C25H28N2O4. The van der Waals surface area contributed by atoms with Crippen molar-refractivity contribution in [3.63, 3.8) is 0 Å². The first-order valence-electron chi connectivity index (χ1n) is 11.0. The van der Waals surface area contributed by atoms with Crippen molar-refractivity contribution in [2.24, 2.45) is 0 Å². The van der Waals surface area contributed by atoms with E-state index in [-0.39, 0.29) is 18.2 Å². The standard InChI is InChI=1S/C25H28N2O4/c1-26-20-8-4-3-7-18(20)19(16-22(26)28)24(29)27-13-11-25(12-14-27)23-17(10-15-31-25)6-5-9-21(23)30-2/h3-9,19H,10-16H2,1-2H3. The maximum atomic E-state index is 13.5. The van der Waals surface area contributed by atoms with E-state index in [1.807, 2.05) is 41.3 Å². The molecule has 0 bridgehead atoms. The Labute approximate surface area is 182 Å². The van der Waals surface area contributed by atoms with Gasteiger partial charge in [-0.15, -0.1) is 0 Å². The van der Waals surface area contributed by atoms with Crippen LogP contribution in [0.4, 0.5) is 5.69 Å². The van der Waals surface area contributed by atoms with Crippen LogP contribution < -0.4 is 9.64 Å². The zero-order valence-electron chi connectivity index (χ0n) is 18.1. The molecule has 0 N–H and O–H groups in total. The fourth-order valence-corrected chi connectivity index (χ4v) is 5.47. The quantitative estimate of drug-likeness (QED) is 0.749. The van der Waals surface area contributed by atoms with E-state index in [1.165, 1.54) is 5.56 Å². The lowest BCUT2D eigenvalue weighted by Gasteiger charge is -2.46. The SMILES string of the molecule is COc1cccc2c1C1(CCN(C(=O)C3CC(=O)N(C)c4ccccc43)CC1)OCC2. The summed E-state index contributed by atoms with van der Waals surface area (Å²) in [6.45, 7) is 1.91. The molecule has 0 saturated carbocycles. The molecule has 5 rings (SSSR count). The summed E-state index contributed by atoms with van der Waals surface area (Å²) in [7, 11) is 3.48. The lowest BCUT2D eigenvalue weighted by Crippen LogP contribution is -2.50. The van der Waals surface area contributed by atoms with E-state index >= 15 is 0 Å². The van der Waals surface area contributed by atoms with Gasteiger partial charge in [0.2, 0.25) is 11.8 Å². The van der Waals surface area contributed by atoms with E-state index < -0.39 is 11.5 Å². The van der Waals surface area contributed by atoms with Gasteiger partial charge in [-0.25, -0.2) is 0 Å². The number of piperidine rings is 1. The average Bonchev–Trinajstić information content (AvgIpc) is 2.81. The number of benzene rings is 2. The highest BCUT2D eigenvalue weighted by Gasteiger charge is 2.45. The second kappa shape index (κ2) is 7.68. The molecule has 1 atom stereocenters. The number of carbonyl (C=O) groups is 2. The summed E-state index contributed by atoms with van der Waals surface area (Å²) >= 11 is 0. The van der Waals surface area contributed by atoms with Gasteiger partial charge in [-0.1, -0.05) is 30.3 Å². The molecule has 2 aromatic carbocycles. The smallest absolute Gasteiger partial charge is 0.230 e. The second-order valence-electron chi connectivity index (χ2n) is 8.68. The highest BCUT2D eigenvalue weighted by molar-refractivity contribution is 6.02. The number of fused-ring (bicyclic) bond motifs is 3. The lowest BCUT2D eigenvalue weighted by molar-refractivity contribution is -0.143. The molecule has 1 spiro atoms. The van der Waals surface area contributed by atoms with Crippen molar-refractivity contribution in [1.82, 2.24) is 4.90 Å². The van der Waals surface area contributed by atoms with Crippen molar-refractivity contribution < 1.29 is 19.1 Å². The van der Waals surface area contributed by atoms with E-state index in [0.29, 0.717) is 19.7 Å². The Balaban J connectivity index is 1.39. The number of para-hydroxylation sites is 1. The van der Waals surface area contributed by atoms with Crippen LogP contribution in [0.15, 0.2) is 42.5 Å². The number of hydrogen-bond acceptors (Lipinski definition) is 4. The number of nitrogens with zero attached hydrogens (tertiary/aromatic N) is 2. The molecule has 6 nitrogen and oxygen atoms in total. The van der Waals surface area contributed by atoms with Crippen LogP contribution in [-0.2, 0) is 26.3 Å². The van der Waals surface area contributed by atoms with Crippen LogP contribution in [0.3, 0.4) is 0 Å². The van der Waals surface area contributed by atoms with Crippen molar-refractivity contribution >= 4 is 17.5 Å². The van der Waals surface area contributed by atoms with E-state index in [2.05, 4.69) is 6.07 Å². The topological polar surface area (TPSA) is 59.1 Å². The van der Waals surface area contributed by atoms with Crippen LogP contribution in [0.1, 0.15) is 41.9 Å². The summed E-state index contributed by atoms with van der Waals surface area (Å²) in [5, 5.41) is 0. The maximum Gasteiger partial charge on any atom is 0.230 e. The minimum atomic E-state index is -0.414. The number of likely N-dealkylation sites (tertiary alicyclic amines) is 1. The molecule has 3 aliphatic heterocycles. The van der Waals surface area contributed by atoms with Gasteiger partial charge in [0.1, 0.15) is 11.4 Å². The molecule has 162 valence electrons. The normalized spacial score (nSPS) is 22.1. The van der Waals surface area contributed by atoms with Gasteiger partial charge in [0.05, 0.1) is 19.6 Å². The van der Waals surface area contributed by atoms with Gasteiger partial charge in [0.15, 0.2) is 0 Å². The zero-order valence-corrected chi connectivity index (χ0v) is 18.1. The van der Waals surface area contributed by atoms with Crippen molar-refractivity contribution in [2.75, 3.05) is 38.8 Å². The number of carbonyl (C=O) groups excluding carboxylic acids is 2. The number of amides is 2. The predicted octanol–water partition coefficient (Wildman–Crippen LogP) is 3.24. The fraction of sp³-hybridized carbons (Fsp3) is 0.440. The van der Waals surface area contributed by atoms with Crippen LogP contribution in [0.2, 0.25) is 0 Å². The lowest BCUT2D eigenvalue weighted by atomic mass is 9.78. The third-order valence-corrected chi connectivity index (χ3v) is 7.15. The molecule has 3 aliphatic rings. The molecule has 0 radical (unpaired) electrons. The van der Waals surface area contributed by atoms with Gasteiger partial charge in [0.25, 0.3) is 0 Å². The molecule has 1 saturated heterocycles. The third kappa shape index (κ3) is 3.21. The molecule has 31 heavy (non-hydrogen) atoms. The summed E-state index contributed by atoms with van der Waals surface area (Å²) in [5.74, 6) is 0.481. The summed E-state index contributed by atoms with van der Waals surface area (Å²) < 4.78 is 12.0.